The van der Waals surface area contributed by atoms with Crippen molar-refractivity contribution in [3.8, 4) is 0 Å². The predicted molar refractivity (Wildman–Crippen MR) is 67.8 cm³/mol. The van der Waals surface area contributed by atoms with Gasteiger partial charge in [-0.1, -0.05) is 0 Å². The summed E-state index contributed by atoms with van der Waals surface area (Å²) in [4.78, 5) is 10.9. The first-order valence-corrected chi connectivity index (χ1v) is 7.90. The van der Waals surface area contributed by atoms with E-state index in [1.54, 1.807) is 0 Å². The van der Waals surface area contributed by atoms with E-state index in [9.17, 15) is 13.2 Å². The summed E-state index contributed by atoms with van der Waals surface area (Å²) < 4.78 is 33.0. The van der Waals surface area contributed by atoms with E-state index in [0.717, 1.165) is 0 Å². The van der Waals surface area contributed by atoms with Crippen LogP contribution in [0.5, 0.6) is 0 Å². The molecule has 8 heteroatoms. The zero-order valence-electron chi connectivity index (χ0n) is 11.0. The van der Waals surface area contributed by atoms with Crippen molar-refractivity contribution in [2.45, 2.75) is 25.8 Å². The van der Waals surface area contributed by atoms with Gasteiger partial charge in [-0.3, -0.25) is 4.79 Å². The highest BCUT2D eigenvalue weighted by atomic mass is 32.2. The number of carboxylic acids is 1. The Hall–Kier alpha value is -0.700. The molecule has 2 heterocycles. The predicted octanol–water partition coefficient (Wildman–Crippen LogP) is -0.251. The maximum Gasteiger partial charge on any atom is 0.306 e. The average Bonchev–Trinajstić information content (AvgIpc) is 2.39. The number of rotatable bonds is 3. The Bertz CT molecular complexity index is 430. The number of morpholine rings is 1. The summed E-state index contributed by atoms with van der Waals surface area (Å²) in [7, 11) is -3.49. The first kappa shape index (κ1) is 14.7. The SMILES string of the molecule is C[C@@H]1COCCN1S(=O)(=O)N1CCC(C(=O)O)CC1. The third kappa shape index (κ3) is 3.07. The molecule has 0 spiro atoms. The minimum Gasteiger partial charge on any atom is -0.481 e. The molecule has 1 atom stereocenters. The quantitative estimate of drug-likeness (QED) is 0.775. The molecule has 2 saturated heterocycles. The fourth-order valence-corrected chi connectivity index (χ4v) is 4.33. The van der Waals surface area contributed by atoms with Crippen molar-refractivity contribution in [2.75, 3.05) is 32.8 Å². The van der Waals surface area contributed by atoms with Gasteiger partial charge in [-0.25, -0.2) is 0 Å². The molecular weight excluding hydrogens is 272 g/mol. The fourth-order valence-electron chi connectivity index (χ4n) is 2.54. The lowest BCUT2D eigenvalue weighted by Gasteiger charge is -2.38. The molecule has 0 bridgehead atoms. The smallest absolute Gasteiger partial charge is 0.306 e. The van der Waals surface area contributed by atoms with E-state index in [1.165, 1.54) is 8.61 Å². The van der Waals surface area contributed by atoms with Crippen LogP contribution in [0.2, 0.25) is 0 Å². The molecular formula is C11H20N2O5S. The largest absolute Gasteiger partial charge is 0.481 e. The standard InChI is InChI=1S/C11H20N2O5S/c1-9-8-18-7-6-13(9)19(16,17)12-4-2-10(3-5-12)11(14)15/h9-10H,2-8H2,1H3,(H,14,15)/t9-/m1/s1. The summed E-state index contributed by atoms with van der Waals surface area (Å²) in [6.45, 7) is 3.57. The summed E-state index contributed by atoms with van der Waals surface area (Å²) in [5.41, 5.74) is 0. The number of nitrogens with zero attached hydrogens (tertiary/aromatic N) is 2. The topological polar surface area (TPSA) is 87.2 Å². The molecule has 0 unspecified atom stereocenters. The minimum absolute atomic E-state index is 0.170. The fraction of sp³-hybridized carbons (Fsp3) is 0.909. The maximum atomic E-state index is 12.5. The van der Waals surface area contributed by atoms with E-state index >= 15 is 0 Å². The van der Waals surface area contributed by atoms with Gasteiger partial charge in [-0.15, -0.1) is 0 Å². The Morgan fingerprint density at radius 3 is 2.42 bits per heavy atom. The van der Waals surface area contributed by atoms with E-state index in [-0.39, 0.29) is 19.1 Å². The van der Waals surface area contributed by atoms with Crippen molar-refractivity contribution in [3.63, 3.8) is 0 Å². The van der Waals surface area contributed by atoms with Gasteiger partial charge in [-0.05, 0) is 19.8 Å². The average molecular weight is 292 g/mol. The summed E-state index contributed by atoms with van der Waals surface area (Å²) in [5.74, 6) is -1.26. The Morgan fingerprint density at radius 2 is 1.89 bits per heavy atom. The lowest BCUT2D eigenvalue weighted by atomic mass is 9.99. The first-order chi connectivity index (χ1) is 8.93. The van der Waals surface area contributed by atoms with Crippen LogP contribution in [-0.2, 0) is 19.7 Å². The normalized spacial score (nSPS) is 28.4. The van der Waals surface area contributed by atoms with E-state index in [0.29, 0.717) is 32.6 Å². The first-order valence-electron chi connectivity index (χ1n) is 6.50. The van der Waals surface area contributed by atoms with Gasteiger partial charge in [0.05, 0.1) is 19.1 Å². The number of hydrogen-bond donors (Lipinski definition) is 1. The Labute approximate surface area is 113 Å². The highest BCUT2D eigenvalue weighted by Gasteiger charge is 2.37. The van der Waals surface area contributed by atoms with Crippen molar-refractivity contribution in [1.29, 1.82) is 0 Å². The van der Waals surface area contributed by atoms with Crippen LogP contribution in [-0.4, -0.2) is 67.0 Å². The molecule has 0 aromatic carbocycles. The number of carbonyl (C=O) groups is 1. The summed E-state index contributed by atoms with van der Waals surface area (Å²) in [6, 6.07) is -0.170. The van der Waals surface area contributed by atoms with Gasteiger partial charge in [0.2, 0.25) is 0 Å². The van der Waals surface area contributed by atoms with Gasteiger partial charge < -0.3 is 9.84 Å². The molecule has 0 aromatic heterocycles. The number of hydrogen-bond acceptors (Lipinski definition) is 4. The molecule has 7 nitrogen and oxygen atoms in total. The van der Waals surface area contributed by atoms with Crippen molar-refractivity contribution < 1.29 is 23.1 Å². The number of ether oxygens (including phenoxy) is 1. The molecule has 1 N–H and O–H groups in total. The molecule has 0 aliphatic carbocycles. The van der Waals surface area contributed by atoms with E-state index in [4.69, 9.17) is 9.84 Å². The summed E-state index contributed by atoms with van der Waals surface area (Å²) >= 11 is 0. The van der Waals surface area contributed by atoms with Crippen LogP contribution in [0.3, 0.4) is 0 Å². The van der Waals surface area contributed by atoms with Crippen molar-refractivity contribution in [3.05, 3.63) is 0 Å². The van der Waals surface area contributed by atoms with Crippen LogP contribution < -0.4 is 0 Å². The van der Waals surface area contributed by atoms with E-state index in [1.807, 2.05) is 6.92 Å². The molecule has 2 rings (SSSR count). The molecule has 0 aromatic rings. The Balaban J connectivity index is 2.03. The molecule has 0 saturated carbocycles. The monoisotopic (exact) mass is 292 g/mol. The van der Waals surface area contributed by atoms with Crippen molar-refractivity contribution >= 4 is 16.2 Å². The lowest BCUT2D eigenvalue weighted by Crippen LogP contribution is -2.54. The number of carboxylic acid groups (broad SMARTS) is 1. The number of aliphatic carboxylic acids is 1. The third-order valence-corrected chi connectivity index (χ3v) is 5.89. The van der Waals surface area contributed by atoms with Gasteiger partial charge in [0, 0.05) is 25.7 Å². The molecule has 2 fully saturated rings. The van der Waals surface area contributed by atoms with Gasteiger partial charge in [-0.2, -0.15) is 17.0 Å². The van der Waals surface area contributed by atoms with E-state index < -0.39 is 22.1 Å². The molecule has 110 valence electrons. The second-order valence-corrected chi connectivity index (χ2v) is 6.94. The zero-order chi connectivity index (χ0) is 14.0. The highest BCUT2D eigenvalue weighted by Crippen LogP contribution is 2.23. The van der Waals surface area contributed by atoms with Crippen LogP contribution in [0.25, 0.3) is 0 Å². The minimum atomic E-state index is -3.49. The molecule has 0 amide bonds. The second-order valence-electron chi connectivity index (χ2n) is 5.05. The summed E-state index contributed by atoms with van der Waals surface area (Å²) in [5, 5.41) is 8.92. The van der Waals surface area contributed by atoms with Crippen molar-refractivity contribution in [2.24, 2.45) is 5.92 Å². The van der Waals surface area contributed by atoms with Crippen LogP contribution >= 0.6 is 0 Å². The number of piperidine rings is 1. The van der Waals surface area contributed by atoms with Gasteiger partial charge >= 0.3 is 5.97 Å². The third-order valence-electron chi connectivity index (χ3n) is 3.73. The van der Waals surface area contributed by atoms with Gasteiger partial charge in [0.25, 0.3) is 10.2 Å². The van der Waals surface area contributed by atoms with Gasteiger partial charge in [0.1, 0.15) is 0 Å². The molecule has 2 aliphatic rings. The zero-order valence-corrected chi connectivity index (χ0v) is 11.8. The van der Waals surface area contributed by atoms with Gasteiger partial charge in [0.15, 0.2) is 0 Å². The van der Waals surface area contributed by atoms with Crippen LogP contribution in [0.15, 0.2) is 0 Å². The van der Waals surface area contributed by atoms with Crippen molar-refractivity contribution in [1.82, 2.24) is 8.61 Å². The Kier molecular flexibility index (Phi) is 4.44. The van der Waals surface area contributed by atoms with E-state index in [2.05, 4.69) is 0 Å². The molecule has 2 aliphatic heterocycles. The Morgan fingerprint density at radius 1 is 1.26 bits per heavy atom. The summed E-state index contributed by atoms with van der Waals surface area (Å²) in [6.07, 6.45) is 0.764. The van der Waals surface area contributed by atoms with Crippen LogP contribution in [0.4, 0.5) is 0 Å². The maximum absolute atomic E-state index is 12.5. The van der Waals surface area contributed by atoms with Crippen LogP contribution in [0, 0.1) is 5.92 Å². The molecule has 19 heavy (non-hydrogen) atoms. The highest BCUT2D eigenvalue weighted by molar-refractivity contribution is 7.86. The molecule has 0 radical (unpaired) electrons. The van der Waals surface area contributed by atoms with Crippen LogP contribution in [0.1, 0.15) is 19.8 Å². The lowest BCUT2D eigenvalue weighted by molar-refractivity contribution is -0.142. The second kappa shape index (κ2) is 5.74.